The van der Waals surface area contributed by atoms with Gasteiger partial charge in [0.2, 0.25) is 0 Å². The molecule has 1 rings (SSSR count). The van der Waals surface area contributed by atoms with E-state index in [1.54, 1.807) is 6.20 Å². The molecule has 1 aromatic rings. The molecule has 0 N–H and O–H groups in total. The molecule has 1 heterocycles. The number of nitrogens with zero attached hydrogens (tertiary/aromatic N) is 1. The minimum Gasteiger partial charge on any atom is -0.300 e. The van der Waals surface area contributed by atoms with E-state index in [0.29, 0.717) is 18.1 Å². The minimum atomic E-state index is 0.404. The Balaban J connectivity index is 2.28. The second kappa shape index (κ2) is 8.84. The van der Waals surface area contributed by atoms with Crippen molar-refractivity contribution in [2.75, 3.05) is 0 Å². The Morgan fingerprint density at radius 1 is 1.39 bits per heavy atom. The molecule has 1 aromatic heterocycles. The highest BCUT2D eigenvalue weighted by atomic mass is 16.1. The van der Waals surface area contributed by atoms with Crippen LogP contribution in [0.15, 0.2) is 24.5 Å². The highest BCUT2D eigenvalue weighted by Crippen LogP contribution is 2.18. The zero-order valence-corrected chi connectivity index (χ0v) is 11.7. The molecule has 0 aliphatic carbocycles. The fourth-order valence-electron chi connectivity index (χ4n) is 2.20. The Morgan fingerprint density at radius 2 is 2.22 bits per heavy atom. The average Bonchev–Trinajstić information content (AvgIpc) is 2.42. The third kappa shape index (κ3) is 5.95. The lowest BCUT2D eigenvalue weighted by molar-refractivity contribution is -0.120. The van der Waals surface area contributed by atoms with Gasteiger partial charge in [0.1, 0.15) is 5.78 Å². The summed E-state index contributed by atoms with van der Waals surface area (Å²) < 4.78 is 0. The molecule has 2 nitrogen and oxygen atoms in total. The van der Waals surface area contributed by atoms with Crippen molar-refractivity contribution in [3.05, 3.63) is 30.1 Å². The van der Waals surface area contributed by atoms with Gasteiger partial charge >= 0.3 is 0 Å². The molecule has 0 aromatic carbocycles. The molecule has 0 spiro atoms. The molecule has 0 fully saturated rings. The van der Waals surface area contributed by atoms with Crippen LogP contribution in [0.3, 0.4) is 0 Å². The molecular weight excluding hydrogens is 222 g/mol. The Bertz CT molecular complexity index is 334. The maximum atomic E-state index is 11.9. The van der Waals surface area contributed by atoms with Crippen molar-refractivity contribution in [3.63, 3.8) is 0 Å². The predicted molar refractivity (Wildman–Crippen MR) is 75.5 cm³/mol. The van der Waals surface area contributed by atoms with E-state index in [1.165, 1.54) is 19.3 Å². The van der Waals surface area contributed by atoms with E-state index in [1.807, 2.05) is 18.3 Å². The summed E-state index contributed by atoms with van der Waals surface area (Å²) in [6.45, 7) is 4.39. The van der Waals surface area contributed by atoms with Crippen LogP contribution >= 0.6 is 0 Å². The number of Topliss-reactive ketones (excluding diaryl/α,β-unsaturated/α-hetero) is 1. The summed E-state index contributed by atoms with van der Waals surface area (Å²) in [7, 11) is 0. The molecule has 0 bridgehead atoms. The van der Waals surface area contributed by atoms with Crippen LogP contribution in [0.4, 0.5) is 0 Å². The number of pyridine rings is 1. The first-order chi connectivity index (χ1) is 8.76. The normalized spacial score (nSPS) is 12.3. The summed E-state index contributed by atoms with van der Waals surface area (Å²) in [6, 6.07) is 3.96. The molecule has 1 unspecified atom stereocenters. The molecule has 0 saturated heterocycles. The summed E-state index contributed by atoms with van der Waals surface area (Å²) in [4.78, 5) is 16.0. The highest BCUT2D eigenvalue weighted by molar-refractivity contribution is 5.78. The van der Waals surface area contributed by atoms with Crippen LogP contribution in [0.2, 0.25) is 0 Å². The van der Waals surface area contributed by atoms with E-state index in [9.17, 15) is 4.79 Å². The van der Waals surface area contributed by atoms with Gasteiger partial charge in [-0.2, -0.15) is 0 Å². The van der Waals surface area contributed by atoms with Crippen molar-refractivity contribution in [3.8, 4) is 0 Å². The summed E-state index contributed by atoms with van der Waals surface area (Å²) in [5, 5.41) is 0. The number of hydrogen-bond acceptors (Lipinski definition) is 2. The van der Waals surface area contributed by atoms with Crippen molar-refractivity contribution in [2.45, 2.75) is 58.8 Å². The SMILES string of the molecule is CCCCC(CC)CC(=O)CCc1cccnc1. The van der Waals surface area contributed by atoms with Crippen LogP contribution in [0.5, 0.6) is 0 Å². The zero-order valence-electron chi connectivity index (χ0n) is 11.7. The van der Waals surface area contributed by atoms with Crippen molar-refractivity contribution in [1.82, 2.24) is 4.98 Å². The number of unbranched alkanes of at least 4 members (excludes halogenated alkanes) is 1. The highest BCUT2D eigenvalue weighted by Gasteiger charge is 2.11. The smallest absolute Gasteiger partial charge is 0.133 e. The van der Waals surface area contributed by atoms with Crippen LogP contribution in [0.25, 0.3) is 0 Å². The summed E-state index contributed by atoms with van der Waals surface area (Å²) >= 11 is 0. The van der Waals surface area contributed by atoms with E-state index in [0.717, 1.165) is 24.8 Å². The minimum absolute atomic E-state index is 0.404. The van der Waals surface area contributed by atoms with Gasteiger partial charge in [0, 0.05) is 25.2 Å². The lowest BCUT2D eigenvalue weighted by atomic mass is 9.92. The maximum absolute atomic E-state index is 11.9. The van der Waals surface area contributed by atoms with Gasteiger partial charge in [-0.1, -0.05) is 45.6 Å². The summed E-state index contributed by atoms with van der Waals surface area (Å²) in [5.41, 5.74) is 1.16. The third-order valence-electron chi connectivity index (χ3n) is 3.47. The Hall–Kier alpha value is -1.18. The number of aromatic nitrogens is 1. The molecule has 1 atom stereocenters. The van der Waals surface area contributed by atoms with Crippen LogP contribution in [-0.2, 0) is 11.2 Å². The summed E-state index contributed by atoms with van der Waals surface area (Å²) in [6.07, 6.45) is 10.7. The standard InChI is InChI=1S/C16H25NO/c1-3-5-7-14(4-2)12-16(18)10-9-15-8-6-11-17-13-15/h6,8,11,13-14H,3-5,7,9-10,12H2,1-2H3. The van der Waals surface area contributed by atoms with Gasteiger partial charge in [-0.15, -0.1) is 0 Å². The van der Waals surface area contributed by atoms with Gasteiger partial charge in [0.25, 0.3) is 0 Å². The number of ketones is 1. The molecule has 0 aliphatic rings. The third-order valence-corrected chi connectivity index (χ3v) is 3.47. The van der Waals surface area contributed by atoms with Gasteiger partial charge in [0.15, 0.2) is 0 Å². The largest absolute Gasteiger partial charge is 0.300 e. The fraction of sp³-hybridized carbons (Fsp3) is 0.625. The van der Waals surface area contributed by atoms with Gasteiger partial charge in [-0.3, -0.25) is 9.78 Å². The van der Waals surface area contributed by atoms with Crippen LogP contribution in [0, 0.1) is 5.92 Å². The quantitative estimate of drug-likeness (QED) is 0.655. The number of carbonyl (C=O) groups excluding carboxylic acids is 1. The topological polar surface area (TPSA) is 30.0 Å². The fourth-order valence-corrected chi connectivity index (χ4v) is 2.20. The number of carbonyl (C=O) groups is 1. The monoisotopic (exact) mass is 247 g/mol. The number of aryl methyl sites for hydroxylation is 1. The van der Waals surface area contributed by atoms with Gasteiger partial charge in [0.05, 0.1) is 0 Å². The van der Waals surface area contributed by atoms with Gasteiger partial charge in [-0.05, 0) is 24.0 Å². The first-order valence-electron chi connectivity index (χ1n) is 7.16. The molecule has 0 radical (unpaired) electrons. The zero-order chi connectivity index (χ0) is 13.2. The second-order valence-electron chi connectivity index (χ2n) is 5.02. The molecule has 18 heavy (non-hydrogen) atoms. The number of hydrogen-bond donors (Lipinski definition) is 0. The molecule has 2 heteroatoms. The van der Waals surface area contributed by atoms with Crippen molar-refractivity contribution < 1.29 is 4.79 Å². The molecule has 0 aliphatic heterocycles. The second-order valence-corrected chi connectivity index (χ2v) is 5.02. The number of rotatable bonds is 9. The van der Waals surface area contributed by atoms with Crippen LogP contribution < -0.4 is 0 Å². The Kier molecular flexibility index (Phi) is 7.31. The first-order valence-corrected chi connectivity index (χ1v) is 7.16. The average molecular weight is 247 g/mol. The van der Waals surface area contributed by atoms with E-state index in [2.05, 4.69) is 18.8 Å². The lowest BCUT2D eigenvalue weighted by Gasteiger charge is -2.13. The first kappa shape index (κ1) is 14.9. The van der Waals surface area contributed by atoms with E-state index in [4.69, 9.17) is 0 Å². The van der Waals surface area contributed by atoms with Gasteiger partial charge in [-0.25, -0.2) is 0 Å². The molecule has 0 amide bonds. The van der Waals surface area contributed by atoms with Crippen LogP contribution in [-0.4, -0.2) is 10.8 Å². The van der Waals surface area contributed by atoms with E-state index >= 15 is 0 Å². The molecule has 0 saturated carbocycles. The van der Waals surface area contributed by atoms with Crippen molar-refractivity contribution >= 4 is 5.78 Å². The predicted octanol–water partition coefficient (Wildman–Crippen LogP) is 4.19. The van der Waals surface area contributed by atoms with Crippen molar-refractivity contribution in [2.24, 2.45) is 5.92 Å². The maximum Gasteiger partial charge on any atom is 0.133 e. The molecule has 100 valence electrons. The lowest BCUT2D eigenvalue weighted by Crippen LogP contribution is -2.09. The van der Waals surface area contributed by atoms with E-state index in [-0.39, 0.29) is 0 Å². The Labute approximate surface area is 111 Å². The van der Waals surface area contributed by atoms with Gasteiger partial charge < -0.3 is 0 Å². The molecular formula is C16H25NO. The van der Waals surface area contributed by atoms with Crippen LogP contribution in [0.1, 0.15) is 57.9 Å². The van der Waals surface area contributed by atoms with E-state index < -0.39 is 0 Å². The summed E-state index contributed by atoms with van der Waals surface area (Å²) in [5.74, 6) is 0.994. The Morgan fingerprint density at radius 3 is 2.83 bits per heavy atom. The van der Waals surface area contributed by atoms with Crippen molar-refractivity contribution in [1.29, 1.82) is 0 Å².